The number of likely N-dealkylation sites (N-methyl/N-ethyl adjacent to an activating group) is 1. The number of alkyl halides is 1. The number of nitrogens with one attached hydrogen (secondary N) is 1. The minimum atomic E-state index is -0.819. The number of halogens is 2. The first-order chi connectivity index (χ1) is 12.4. The van der Waals surface area contributed by atoms with Gasteiger partial charge in [0, 0.05) is 36.6 Å². The summed E-state index contributed by atoms with van der Waals surface area (Å²) >= 11 is 7.43. The van der Waals surface area contributed by atoms with Gasteiger partial charge in [-0.05, 0) is 25.6 Å². The number of benzene rings is 1. The van der Waals surface area contributed by atoms with E-state index in [1.807, 2.05) is 25.1 Å². The fraction of sp³-hybridized carbons (Fsp3) is 0.412. The van der Waals surface area contributed by atoms with Crippen LogP contribution < -0.4 is 5.32 Å². The lowest BCUT2D eigenvalue weighted by Crippen LogP contribution is -2.45. The van der Waals surface area contributed by atoms with Crippen LogP contribution in [0, 0.1) is 6.92 Å². The Kier molecular flexibility index (Phi) is 4.50. The second kappa shape index (κ2) is 6.68. The number of thiazole rings is 1. The van der Waals surface area contributed by atoms with Crippen LogP contribution in [0.5, 0.6) is 5.75 Å². The fourth-order valence-corrected chi connectivity index (χ4v) is 4.60. The number of rotatable bonds is 3. The van der Waals surface area contributed by atoms with Crippen LogP contribution in [0.1, 0.15) is 12.0 Å². The van der Waals surface area contributed by atoms with Crippen LogP contribution in [0.15, 0.2) is 18.3 Å². The molecule has 0 bridgehead atoms. The van der Waals surface area contributed by atoms with Crippen molar-refractivity contribution in [3.05, 3.63) is 28.9 Å². The number of phenols is 1. The van der Waals surface area contributed by atoms with Crippen LogP contribution in [0.2, 0.25) is 5.02 Å². The molecular formula is C17H19ClFN5OS. The Morgan fingerprint density at radius 1 is 1.38 bits per heavy atom. The fourth-order valence-electron chi connectivity index (χ4n) is 3.44. The summed E-state index contributed by atoms with van der Waals surface area (Å²) in [5.41, 5.74) is 2.00. The summed E-state index contributed by atoms with van der Waals surface area (Å²) in [5, 5.41) is 19.2. The highest BCUT2D eigenvalue weighted by Gasteiger charge is 2.25. The van der Waals surface area contributed by atoms with E-state index in [4.69, 9.17) is 11.6 Å². The van der Waals surface area contributed by atoms with E-state index < -0.39 is 6.17 Å². The number of aromatic hydroxyl groups is 1. The SMILES string of the molecule is Cc1cc(Cl)cc(O)c1-n1cc2sc(N[C@@H]3C[C@@H](F)CN(C)C3)nc2n1. The van der Waals surface area contributed by atoms with Gasteiger partial charge >= 0.3 is 0 Å². The first-order valence-electron chi connectivity index (χ1n) is 8.34. The number of anilines is 1. The van der Waals surface area contributed by atoms with Gasteiger partial charge in [0.1, 0.15) is 17.6 Å². The minimum absolute atomic E-state index is 0.0358. The van der Waals surface area contributed by atoms with E-state index in [9.17, 15) is 9.50 Å². The summed E-state index contributed by atoms with van der Waals surface area (Å²) < 4.78 is 16.2. The minimum Gasteiger partial charge on any atom is -0.506 e. The molecule has 1 saturated heterocycles. The number of hydrogen-bond donors (Lipinski definition) is 2. The summed E-state index contributed by atoms with van der Waals surface area (Å²) in [5.74, 6) is 0.0720. The molecule has 0 unspecified atom stereocenters. The van der Waals surface area contributed by atoms with Crippen molar-refractivity contribution >= 4 is 38.4 Å². The first-order valence-corrected chi connectivity index (χ1v) is 9.53. The van der Waals surface area contributed by atoms with E-state index in [1.165, 1.54) is 17.4 Å². The zero-order valence-corrected chi connectivity index (χ0v) is 16.0. The van der Waals surface area contributed by atoms with Crippen molar-refractivity contribution in [1.29, 1.82) is 0 Å². The predicted octanol–water partition coefficient (Wildman–Crippen LogP) is 3.60. The molecule has 1 aromatic carbocycles. The summed E-state index contributed by atoms with van der Waals surface area (Å²) in [6.07, 6.45) is 1.50. The predicted molar refractivity (Wildman–Crippen MR) is 103 cm³/mol. The van der Waals surface area contributed by atoms with Crippen molar-refractivity contribution in [3.8, 4) is 11.4 Å². The molecule has 0 aliphatic carbocycles. The highest BCUT2D eigenvalue weighted by atomic mass is 35.5. The van der Waals surface area contributed by atoms with Gasteiger partial charge in [-0.1, -0.05) is 22.9 Å². The van der Waals surface area contributed by atoms with Gasteiger partial charge in [-0.15, -0.1) is 5.10 Å². The maximum absolute atomic E-state index is 13.7. The molecule has 3 aromatic rings. The lowest BCUT2D eigenvalue weighted by atomic mass is 10.1. The third kappa shape index (κ3) is 3.36. The van der Waals surface area contributed by atoms with Gasteiger partial charge in [-0.2, -0.15) is 4.98 Å². The van der Waals surface area contributed by atoms with E-state index in [0.29, 0.717) is 29.3 Å². The molecule has 4 rings (SSSR count). The third-order valence-corrected chi connectivity index (χ3v) is 5.59. The van der Waals surface area contributed by atoms with E-state index in [-0.39, 0.29) is 11.8 Å². The Balaban J connectivity index is 1.58. The Hall–Kier alpha value is -1.90. The molecule has 1 aliphatic rings. The number of aryl methyl sites for hydroxylation is 1. The lowest BCUT2D eigenvalue weighted by molar-refractivity contribution is 0.153. The maximum atomic E-state index is 13.7. The van der Waals surface area contributed by atoms with Crippen molar-refractivity contribution in [2.24, 2.45) is 0 Å². The Labute approximate surface area is 159 Å². The Morgan fingerprint density at radius 3 is 2.88 bits per heavy atom. The Bertz CT molecular complexity index is 893. The molecule has 9 heteroatoms. The molecule has 2 atom stereocenters. The maximum Gasteiger partial charge on any atom is 0.194 e. The number of nitrogens with zero attached hydrogens (tertiary/aromatic N) is 4. The molecule has 2 aromatic heterocycles. The summed E-state index contributed by atoms with van der Waals surface area (Å²) in [6, 6.07) is 3.31. The monoisotopic (exact) mass is 395 g/mol. The number of hydrogen-bond acceptors (Lipinski definition) is 6. The average molecular weight is 396 g/mol. The molecule has 3 heterocycles. The summed E-state index contributed by atoms with van der Waals surface area (Å²) in [6.45, 7) is 3.13. The van der Waals surface area contributed by atoms with E-state index in [1.54, 1.807) is 10.7 Å². The van der Waals surface area contributed by atoms with Crippen LogP contribution >= 0.6 is 22.9 Å². The summed E-state index contributed by atoms with van der Waals surface area (Å²) in [7, 11) is 1.92. The first kappa shape index (κ1) is 17.5. The van der Waals surface area contributed by atoms with Gasteiger partial charge in [-0.3, -0.25) is 0 Å². The Morgan fingerprint density at radius 2 is 2.19 bits per heavy atom. The van der Waals surface area contributed by atoms with Crippen molar-refractivity contribution in [2.75, 3.05) is 25.5 Å². The average Bonchev–Trinajstić information content (AvgIpc) is 3.03. The van der Waals surface area contributed by atoms with Gasteiger partial charge in [0.2, 0.25) is 0 Å². The topological polar surface area (TPSA) is 66.2 Å². The highest BCUT2D eigenvalue weighted by Crippen LogP contribution is 2.32. The second-order valence-electron chi connectivity index (χ2n) is 6.77. The standard InChI is InChI=1S/C17H19ClFN5OS/c1-9-3-10(18)4-13(25)15(9)24-8-14-16(22-24)21-17(26-14)20-12-5-11(19)6-23(2)7-12/h3-4,8,11-12,25H,5-7H2,1-2H3,(H,20,21,22)/t11-,12-/m1/s1. The number of piperidine rings is 1. The lowest BCUT2D eigenvalue weighted by Gasteiger charge is -2.32. The van der Waals surface area contributed by atoms with Gasteiger partial charge in [-0.25, -0.2) is 9.07 Å². The number of likely N-dealkylation sites (tertiary alicyclic amines) is 1. The second-order valence-corrected chi connectivity index (χ2v) is 8.23. The van der Waals surface area contributed by atoms with E-state index >= 15 is 0 Å². The molecule has 6 nitrogen and oxygen atoms in total. The van der Waals surface area contributed by atoms with Gasteiger partial charge in [0.05, 0.1) is 10.9 Å². The largest absolute Gasteiger partial charge is 0.506 e. The van der Waals surface area contributed by atoms with Crippen LogP contribution in [-0.2, 0) is 0 Å². The van der Waals surface area contributed by atoms with Gasteiger partial charge < -0.3 is 15.3 Å². The normalized spacial score (nSPS) is 21.4. The van der Waals surface area contributed by atoms with Crippen molar-refractivity contribution in [2.45, 2.75) is 25.6 Å². The number of fused-ring (bicyclic) bond motifs is 1. The van der Waals surface area contributed by atoms with E-state index in [2.05, 4.69) is 15.4 Å². The van der Waals surface area contributed by atoms with Crippen LogP contribution in [0.4, 0.5) is 9.52 Å². The van der Waals surface area contributed by atoms with Crippen molar-refractivity contribution < 1.29 is 9.50 Å². The molecule has 2 N–H and O–H groups in total. The molecule has 26 heavy (non-hydrogen) atoms. The van der Waals surface area contributed by atoms with Gasteiger partial charge in [0.15, 0.2) is 10.8 Å². The van der Waals surface area contributed by atoms with Crippen molar-refractivity contribution in [1.82, 2.24) is 19.7 Å². The van der Waals surface area contributed by atoms with Gasteiger partial charge in [0.25, 0.3) is 0 Å². The molecule has 0 spiro atoms. The molecule has 1 aliphatic heterocycles. The zero-order chi connectivity index (χ0) is 18.4. The number of phenolic OH excluding ortho intramolecular Hbond substituents is 1. The molecule has 0 saturated carbocycles. The third-order valence-electron chi connectivity index (χ3n) is 4.46. The molecule has 138 valence electrons. The highest BCUT2D eigenvalue weighted by molar-refractivity contribution is 7.22. The van der Waals surface area contributed by atoms with Crippen molar-refractivity contribution in [3.63, 3.8) is 0 Å². The quantitative estimate of drug-likeness (QED) is 0.709. The molecule has 0 radical (unpaired) electrons. The van der Waals surface area contributed by atoms with E-state index in [0.717, 1.165) is 21.9 Å². The van der Waals surface area contributed by atoms with Crippen LogP contribution in [0.25, 0.3) is 16.0 Å². The summed E-state index contributed by atoms with van der Waals surface area (Å²) in [4.78, 5) is 6.49. The molecular weight excluding hydrogens is 377 g/mol. The zero-order valence-electron chi connectivity index (χ0n) is 14.4. The van der Waals surface area contributed by atoms with Crippen LogP contribution in [0.3, 0.4) is 0 Å². The van der Waals surface area contributed by atoms with Crippen LogP contribution in [-0.4, -0.2) is 57.1 Å². The smallest absolute Gasteiger partial charge is 0.194 e. The number of aromatic nitrogens is 3. The molecule has 0 amide bonds. The molecule has 1 fully saturated rings.